The van der Waals surface area contributed by atoms with Gasteiger partial charge in [-0.1, -0.05) is 19.3 Å². The van der Waals surface area contributed by atoms with Gasteiger partial charge in [0.25, 0.3) is 0 Å². The fourth-order valence-corrected chi connectivity index (χ4v) is 3.95. The predicted molar refractivity (Wildman–Crippen MR) is 92.9 cm³/mol. The molecule has 1 aromatic rings. The molecule has 1 saturated heterocycles. The lowest BCUT2D eigenvalue weighted by Crippen LogP contribution is -2.45. The van der Waals surface area contributed by atoms with Gasteiger partial charge in [0.15, 0.2) is 5.13 Å². The van der Waals surface area contributed by atoms with Crippen LogP contribution in [0.1, 0.15) is 44.9 Å². The molecule has 1 aromatic heterocycles. The van der Waals surface area contributed by atoms with Crippen molar-refractivity contribution in [3.05, 3.63) is 11.6 Å². The smallest absolute Gasteiger partial charge is 0.248 e. The van der Waals surface area contributed by atoms with Crippen molar-refractivity contribution >= 4 is 28.3 Å². The molecule has 1 aliphatic carbocycles. The third-order valence-corrected chi connectivity index (χ3v) is 5.49. The van der Waals surface area contributed by atoms with Gasteiger partial charge in [0.05, 0.1) is 12.0 Å². The van der Waals surface area contributed by atoms with Crippen molar-refractivity contribution in [3.8, 4) is 0 Å². The van der Waals surface area contributed by atoms with E-state index in [0.29, 0.717) is 18.2 Å². The van der Waals surface area contributed by atoms with Gasteiger partial charge in [0.1, 0.15) is 6.61 Å². The first-order valence-electron chi connectivity index (χ1n) is 8.82. The van der Waals surface area contributed by atoms with Gasteiger partial charge in [-0.05, 0) is 25.7 Å². The number of carbonyl (C=O) groups is 2. The molecule has 0 bridgehead atoms. The quantitative estimate of drug-likeness (QED) is 0.885. The van der Waals surface area contributed by atoms with Crippen LogP contribution < -0.4 is 5.32 Å². The van der Waals surface area contributed by atoms with Gasteiger partial charge in [-0.3, -0.25) is 9.59 Å². The van der Waals surface area contributed by atoms with Crippen LogP contribution in [0.25, 0.3) is 0 Å². The third kappa shape index (κ3) is 4.77. The number of carbonyl (C=O) groups excluding carboxylic acids is 2. The largest absolute Gasteiger partial charge is 0.368 e. The Kier molecular flexibility index (Phi) is 6.20. The van der Waals surface area contributed by atoms with E-state index in [-0.39, 0.29) is 30.4 Å². The summed E-state index contributed by atoms with van der Waals surface area (Å²) in [5.74, 6) is -0.204. The van der Waals surface area contributed by atoms with Crippen LogP contribution in [0.2, 0.25) is 0 Å². The van der Waals surface area contributed by atoms with E-state index in [0.717, 1.165) is 25.7 Å². The number of rotatable bonds is 5. The molecule has 132 valence electrons. The van der Waals surface area contributed by atoms with Crippen LogP contribution in [0.3, 0.4) is 0 Å². The topological polar surface area (TPSA) is 71.5 Å². The Morgan fingerprint density at radius 3 is 2.83 bits per heavy atom. The van der Waals surface area contributed by atoms with Gasteiger partial charge >= 0.3 is 0 Å². The summed E-state index contributed by atoms with van der Waals surface area (Å²) in [5, 5.41) is 5.28. The molecule has 7 heteroatoms. The number of hydrogen-bond donors (Lipinski definition) is 1. The van der Waals surface area contributed by atoms with Gasteiger partial charge < -0.3 is 15.0 Å². The zero-order valence-electron chi connectivity index (χ0n) is 13.9. The minimum atomic E-state index is -0.165. The number of hydrogen-bond acceptors (Lipinski definition) is 5. The van der Waals surface area contributed by atoms with Gasteiger partial charge in [-0.15, -0.1) is 11.3 Å². The number of likely N-dealkylation sites (tertiary alicyclic amines) is 1. The molecule has 1 atom stereocenters. The molecule has 0 aromatic carbocycles. The second-order valence-electron chi connectivity index (χ2n) is 6.58. The van der Waals surface area contributed by atoms with Gasteiger partial charge in [-0.2, -0.15) is 0 Å². The first-order valence-corrected chi connectivity index (χ1v) is 9.70. The molecule has 1 saturated carbocycles. The zero-order valence-corrected chi connectivity index (χ0v) is 14.7. The maximum Gasteiger partial charge on any atom is 0.248 e. The van der Waals surface area contributed by atoms with E-state index >= 15 is 0 Å². The van der Waals surface area contributed by atoms with Crippen LogP contribution in [-0.2, 0) is 14.3 Å². The highest BCUT2D eigenvalue weighted by Gasteiger charge is 2.29. The molecule has 1 aliphatic heterocycles. The van der Waals surface area contributed by atoms with Gasteiger partial charge in [0, 0.05) is 24.7 Å². The van der Waals surface area contributed by atoms with Crippen molar-refractivity contribution in [2.45, 2.75) is 51.0 Å². The molecule has 0 spiro atoms. The summed E-state index contributed by atoms with van der Waals surface area (Å²) < 4.78 is 5.78. The number of ether oxygens (including phenoxy) is 1. The van der Waals surface area contributed by atoms with Crippen LogP contribution in [0, 0.1) is 5.92 Å². The second-order valence-corrected chi connectivity index (χ2v) is 7.47. The SMILES string of the molecule is O=C(Nc1nccs1)[C@@H]1CCCN(C(=O)COC2CCCCC2)C1. The standard InChI is InChI=1S/C17H25N3O3S/c21-15(12-23-14-6-2-1-3-7-14)20-9-4-5-13(11-20)16(22)19-17-18-8-10-24-17/h8,10,13-14H,1-7,9,11-12H2,(H,18,19,22)/t13-/m1/s1. The molecule has 1 N–H and O–H groups in total. The number of aromatic nitrogens is 1. The first kappa shape index (κ1) is 17.4. The molecule has 0 unspecified atom stereocenters. The number of nitrogens with zero attached hydrogens (tertiary/aromatic N) is 2. The van der Waals surface area contributed by atoms with E-state index in [9.17, 15) is 9.59 Å². The van der Waals surface area contributed by atoms with Crippen LogP contribution in [0.5, 0.6) is 0 Å². The van der Waals surface area contributed by atoms with Crippen molar-refractivity contribution < 1.29 is 14.3 Å². The summed E-state index contributed by atoms with van der Waals surface area (Å²) in [5.41, 5.74) is 0. The van der Waals surface area contributed by atoms with Crippen LogP contribution >= 0.6 is 11.3 Å². The summed E-state index contributed by atoms with van der Waals surface area (Å²) in [4.78, 5) is 30.6. The lowest BCUT2D eigenvalue weighted by molar-refractivity contribution is -0.141. The van der Waals surface area contributed by atoms with E-state index in [1.165, 1.54) is 30.6 Å². The molecular weight excluding hydrogens is 326 g/mol. The van der Waals surface area contributed by atoms with Gasteiger partial charge in [-0.25, -0.2) is 4.98 Å². The fourth-order valence-electron chi connectivity index (χ4n) is 3.42. The van der Waals surface area contributed by atoms with Crippen molar-refractivity contribution in [2.75, 3.05) is 25.0 Å². The molecule has 2 aliphatic rings. The maximum atomic E-state index is 12.4. The molecule has 3 rings (SSSR count). The average molecular weight is 351 g/mol. The molecule has 0 radical (unpaired) electrons. The van der Waals surface area contributed by atoms with E-state index in [4.69, 9.17) is 4.74 Å². The van der Waals surface area contributed by atoms with E-state index < -0.39 is 0 Å². The number of anilines is 1. The minimum absolute atomic E-state index is 0.00678. The van der Waals surface area contributed by atoms with Crippen molar-refractivity contribution in [1.29, 1.82) is 0 Å². The maximum absolute atomic E-state index is 12.4. The molecule has 24 heavy (non-hydrogen) atoms. The van der Waals surface area contributed by atoms with Crippen LogP contribution in [-0.4, -0.2) is 47.5 Å². The summed E-state index contributed by atoms with van der Waals surface area (Å²) in [6.07, 6.45) is 9.35. The number of amides is 2. The monoisotopic (exact) mass is 351 g/mol. The molecule has 2 heterocycles. The Hall–Kier alpha value is -1.47. The molecule has 6 nitrogen and oxygen atoms in total. The Balaban J connectivity index is 1.45. The molecule has 2 amide bonds. The number of thiazole rings is 1. The summed E-state index contributed by atoms with van der Waals surface area (Å²) in [6, 6.07) is 0. The van der Waals surface area contributed by atoms with Crippen molar-refractivity contribution in [1.82, 2.24) is 9.88 Å². The Labute approximate surface area is 146 Å². The first-order chi connectivity index (χ1) is 11.7. The number of nitrogens with one attached hydrogen (secondary N) is 1. The summed E-state index contributed by atoms with van der Waals surface area (Å²) in [6.45, 7) is 1.34. The highest BCUT2D eigenvalue weighted by molar-refractivity contribution is 7.13. The second kappa shape index (κ2) is 8.58. The highest BCUT2D eigenvalue weighted by Crippen LogP contribution is 2.22. The van der Waals surface area contributed by atoms with Gasteiger partial charge in [0.2, 0.25) is 11.8 Å². The minimum Gasteiger partial charge on any atom is -0.368 e. The van der Waals surface area contributed by atoms with Crippen molar-refractivity contribution in [2.24, 2.45) is 5.92 Å². The lowest BCUT2D eigenvalue weighted by Gasteiger charge is -2.32. The Morgan fingerprint density at radius 2 is 2.08 bits per heavy atom. The highest BCUT2D eigenvalue weighted by atomic mass is 32.1. The van der Waals surface area contributed by atoms with E-state index in [2.05, 4.69) is 10.3 Å². The molecular formula is C17H25N3O3S. The van der Waals surface area contributed by atoms with Crippen molar-refractivity contribution in [3.63, 3.8) is 0 Å². The fraction of sp³-hybridized carbons (Fsp3) is 0.706. The van der Waals surface area contributed by atoms with E-state index in [1.807, 2.05) is 5.38 Å². The summed E-state index contributed by atoms with van der Waals surface area (Å²) in [7, 11) is 0. The third-order valence-electron chi connectivity index (χ3n) is 4.80. The average Bonchev–Trinajstić information content (AvgIpc) is 3.13. The van der Waals surface area contributed by atoms with E-state index in [1.54, 1.807) is 11.1 Å². The zero-order chi connectivity index (χ0) is 16.8. The predicted octanol–water partition coefficient (Wildman–Crippen LogP) is 2.67. The molecule has 2 fully saturated rings. The Bertz CT molecular complexity index is 543. The Morgan fingerprint density at radius 1 is 1.25 bits per heavy atom. The lowest BCUT2D eigenvalue weighted by atomic mass is 9.97. The normalized spacial score (nSPS) is 22.3. The van der Waals surface area contributed by atoms with Crippen LogP contribution in [0.15, 0.2) is 11.6 Å². The number of piperidine rings is 1. The summed E-state index contributed by atoms with van der Waals surface area (Å²) >= 11 is 1.40. The van der Waals surface area contributed by atoms with Crippen LogP contribution in [0.4, 0.5) is 5.13 Å².